The molecule has 1 aromatic heterocycles. The quantitative estimate of drug-likeness (QED) is 0.377. The summed E-state index contributed by atoms with van der Waals surface area (Å²) >= 11 is 0. The molecule has 0 atom stereocenters. The zero-order valence-electron chi connectivity index (χ0n) is 14.1. The van der Waals surface area contributed by atoms with Gasteiger partial charge in [-0.3, -0.25) is 0 Å². The molecule has 0 radical (unpaired) electrons. The van der Waals surface area contributed by atoms with Gasteiger partial charge in [0.2, 0.25) is 0 Å². The van der Waals surface area contributed by atoms with E-state index in [9.17, 15) is 0 Å². The maximum absolute atomic E-state index is 4.92. The van der Waals surface area contributed by atoms with Gasteiger partial charge >= 0.3 is 0 Å². The number of H-pyrrole nitrogens is 1. The van der Waals surface area contributed by atoms with E-state index in [1.54, 1.807) is 0 Å². The summed E-state index contributed by atoms with van der Waals surface area (Å²) in [6.07, 6.45) is 1.96. The van der Waals surface area contributed by atoms with Gasteiger partial charge in [0.25, 0.3) is 0 Å². The molecule has 4 aromatic rings. The van der Waals surface area contributed by atoms with E-state index in [0.717, 1.165) is 28.2 Å². The van der Waals surface area contributed by atoms with Crippen molar-refractivity contribution in [2.75, 3.05) is 5.01 Å². The van der Waals surface area contributed by atoms with Crippen molar-refractivity contribution in [3.05, 3.63) is 96.7 Å². The third-order valence-electron chi connectivity index (χ3n) is 4.22. The molecule has 0 aliphatic rings. The number of anilines is 2. The minimum Gasteiger partial charge on any atom is -0.361 e. The molecule has 3 aromatic carbocycles. The van der Waals surface area contributed by atoms with E-state index in [0.29, 0.717) is 0 Å². The van der Waals surface area contributed by atoms with Gasteiger partial charge in [-0.25, -0.2) is 5.01 Å². The first-order valence-corrected chi connectivity index (χ1v) is 8.34. The highest BCUT2D eigenvalue weighted by Crippen LogP contribution is 2.26. The average molecular weight is 325 g/mol. The Hall–Kier alpha value is -3.33. The molecule has 3 nitrogen and oxygen atoms in total. The van der Waals surface area contributed by atoms with Crippen LogP contribution in [0.25, 0.3) is 10.9 Å². The SMILES string of the molecule is C/C(=N\N(c1ccccc1)c1ccccc1)c1ccc2[nH]ccc2c1. The molecule has 3 heteroatoms. The summed E-state index contributed by atoms with van der Waals surface area (Å²) in [5, 5.41) is 8.09. The first-order valence-electron chi connectivity index (χ1n) is 8.34. The largest absolute Gasteiger partial charge is 0.361 e. The van der Waals surface area contributed by atoms with Crippen molar-refractivity contribution in [1.82, 2.24) is 4.98 Å². The Morgan fingerprint density at radius 2 is 1.44 bits per heavy atom. The van der Waals surface area contributed by atoms with Crippen molar-refractivity contribution in [2.24, 2.45) is 5.10 Å². The van der Waals surface area contributed by atoms with Gasteiger partial charge in [0.15, 0.2) is 0 Å². The second-order valence-corrected chi connectivity index (χ2v) is 5.95. The highest BCUT2D eigenvalue weighted by atomic mass is 15.5. The number of fused-ring (bicyclic) bond motifs is 1. The number of benzene rings is 3. The Bertz CT molecular complexity index is 962. The standard InChI is InChI=1S/C22H19N3/c1-17(18-12-13-22-19(16-18)14-15-23-22)24-25(20-8-4-2-5-9-20)21-10-6-3-7-11-21/h2-16,23H,1H3/b24-17+. The lowest BCUT2D eigenvalue weighted by atomic mass is 10.1. The number of hydrazone groups is 1. The maximum Gasteiger partial charge on any atom is 0.0655 e. The topological polar surface area (TPSA) is 31.4 Å². The fourth-order valence-corrected chi connectivity index (χ4v) is 2.89. The van der Waals surface area contributed by atoms with Crippen LogP contribution in [0.5, 0.6) is 0 Å². The zero-order valence-corrected chi connectivity index (χ0v) is 14.1. The highest BCUT2D eigenvalue weighted by molar-refractivity contribution is 6.02. The fourth-order valence-electron chi connectivity index (χ4n) is 2.89. The lowest BCUT2D eigenvalue weighted by molar-refractivity contribution is 1.08. The van der Waals surface area contributed by atoms with E-state index in [1.165, 1.54) is 5.39 Å². The number of aromatic nitrogens is 1. The molecule has 4 rings (SSSR count). The molecule has 0 saturated heterocycles. The van der Waals surface area contributed by atoms with Crippen LogP contribution in [-0.4, -0.2) is 10.7 Å². The van der Waals surface area contributed by atoms with E-state index in [-0.39, 0.29) is 0 Å². The predicted molar refractivity (Wildman–Crippen MR) is 106 cm³/mol. The Kier molecular flexibility index (Phi) is 4.05. The molecule has 0 spiro atoms. The molecule has 0 fully saturated rings. The van der Waals surface area contributed by atoms with Crippen LogP contribution >= 0.6 is 0 Å². The summed E-state index contributed by atoms with van der Waals surface area (Å²) in [5.41, 5.74) is 5.30. The summed E-state index contributed by atoms with van der Waals surface area (Å²) < 4.78 is 0. The molecule has 1 heterocycles. The Morgan fingerprint density at radius 1 is 0.800 bits per heavy atom. The van der Waals surface area contributed by atoms with E-state index >= 15 is 0 Å². The normalized spacial score (nSPS) is 11.6. The number of aromatic amines is 1. The third kappa shape index (κ3) is 3.17. The molecule has 1 N–H and O–H groups in total. The Balaban J connectivity index is 1.77. The fraction of sp³-hybridized carbons (Fsp3) is 0.0455. The van der Waals surface area contributed by atoms with Gasteiger partial charge in [-0.15, -0.1) is 0 Å². The van der Waals surface area contributed by atoms with E-state index in [1.807, 2.05) is 54.5 Å². The Labute approximate surface area is 147 Å². The van der Waals surface area contributed by atoms with Crippen LogP contribution < -0.4 is 5.01 Å². The summed E-state index contributed by atoms with van der Waals surface area (Å²) in [6.45, 7) is 2.05. The van der Waals surface area contributed by atoms with Crippen molar-refractivity contribution in [3.63, 3.8) is 0 Å². The predicted octanol–water partition coefficient (Wildman–Crippen LogP) is 5.73. The van der Waals surface area contributed by atoms with Gasteiger partial charge < -0.3 is 4.98 Å². The number of para-hydroxylation sites is 2. The number of hydrogen-bond acceptors (Lipinski definition) is 2. The summed E-state index contributed by atoms with van der Waals surface area (Å²) in [5.74, 6) is 0. The third-order valence-corrected chi connectivity index (χ3v) is 4.22. The number of nitrogens with zero attached hydrogens (tertiary/aromatic N) is 2. The number of hydrogen-bond donors (Lipinski definition) is 1. The molecule has 25 heavy (non-hydrogen) atoms. The molecule has 0 amide bonds. The summed E-state index contributed by atoms with van der Waals surface area (Å²) in [6, 6.07) is 28.9. The lowest BCUT2D eigenvalue weighted by Gasteiger charge is -2.20. The minimum absolute atomic E-state index is 0.968. The van der Waals surface area contributed by atoms with Gasteiger partial charge in [-0.1, -0.05) is 42.5 Å². The van der Waals surface area contributed by atoms with Crippen LogP contribution in [0.1, 0.15) is 12.5 Å². The number of nitrogens with one attached hydrogen (secondary N) is 1. The smallest absolute Gasteiger partial charge is 0.0655 e. The van der Waals surface area contributed by atoms with Crippen LogP contribution in [0.15, 0.2) is 96.2 Å². The van der Waals surface area contributed by atoms with Crippen molar-refractivity contribution < 1.29 is 0 Å². The van der Waals surface area contributed by atoms with Crippen molar-refractivity contribution in [2.45, 2.75) is 6.92 Å². The van der Waals surface area contributed by atoms with Gasteiger partial charge in [0.05, 0.1) is 17.1 Å². The van der Waals surface area contributed by atoms with Crippen LogP contribution in [0.2, 0.25) is 0 Å². The molecular formula is C22H19N3. The van der Waals surface area contributed by atoms with Crippen molar-refractivity contribution >= 4 is 28.0 Å². The molecule has 0 unspecified atom stereocenters. The number of rotatable bonds is 4. The summed E-state index contributed by atoms with van der Waals surface area (Å²) in [4.78, 5) is 3.23. The Morgan fingerprint density at radius 3 is 2.08 bits per heavy atom. The van der Waals surface area contributed by atoms with Gasteiger partial charge in [0.1, 0.15) is 0 Å². The van der Waals surface area contributed by atoms with E-state index in [4.69, 9.17) is 5.10 Å². The van der Waals surface area contributed by atoms with Crippen molar-refractivity contribution in [3.8, 4) is 0 Å². The van der Waals surface area contributed by atoms with Crippen LogP contribution in [0, 0.1) is 0 Å². The summed E-state index contributed by atoms with van der Waals surface area (Å²) in [7, 11) is 0. The first-order chi connectivity index (χ1) is 12.3. The average Bonchev–Trinajstić information content (AvgIpc) is 3.15. The molecule has 0 bridgehead atoms. The monoisotopic (exact) mass is 325 g/mol. The van der Waals surface area contributed by atoms with E-state index < -0.39 is 0 Å². The van der Waals surface area contributed by atoms with E-state index in [2.05, 4.69) is 53.5 Å². The molecule has 0 aliphatic heterocycles. The van der Waals surface area contributed by atoms with Crippen LogP contribution in [0.3, 0.4) is 0 Å². The zero-order chi connectivity index (χ0) is 17.1. The van der Waals surface area contributed by atoms with Gasteiger partial charge in [0, 0.05) is 17.1 Å². The minimum atomic E-state index is 0.968. The van der Waals surface area contributed by atoms with Crippen molar-refractivity contribution in [1.29, 1.82) is 0 Å². The van der Waals surface area contributed by atoms with Crippen LogP contribution in [0.4, 0.5) is 11.4 Å². The van der Waals surface area contributed by atoms with Gasteiger partial charge in [-0.2, -0.15) is 5.10 Å². The second-order valence-electron chi connectivity index (χ2n) is 5.95. The lowest BCUT2D eigenvalue weighted by Crippen LogP contribution is -2.12. The molecule has 122 valence electrons. The molecule has 0 aliphatic carbocycles. The van der Waals surface area contributed by atoms with Crippen LogP contribution in [-0.2, 0) is 0 Å². The molecular weight excluding hydrogens is 306 g/mol. The first kappa shape index (κ1) is 15.2. The van der Waals surface area contributed by atoms with Gasteiger partial charge in [-0.05, 0) is 55.0 Å². The maximum atomic E-state index is 4.92. The molecule has 0 saturated carbocycles. The second kappa shape index (κ2) is 6.65. The highest BCUT2D eigenvalue weighted by Gasteiger charge is 2.09.